The van der Waals surface area contributed by atoms with Crippen LogP contribution in [0.2, 0.25) is 0 Å². The number of hydrogen-bond acceptors (Lipinski definition) is 6. The number of para-hydroxylation sites is 1. The predicted octanol–water partition coefficient (Wildman–Crippen LogP) is 6.21. The number of carboxylic acid groups (broad SMARTS) is 1. The van der Waals surface area contributed by atoms with Crippen molar-refractivity contribution in [2.24, 2.45) is 0 Å². The van der Waals surface area contributed by atoms with Gasteiger partial charge in [0.05, 0.1) is 12.0 Å². The molecule has 0 fully saturated rings. The second kappa shape index (κ2) is 17.8. The Morgan fingerprint density at radius 3 is 2.19 bits per heavy atom. The lowest BCUT2D eigenvalue weighted by atomic mass is 9.89. The summed E-state index contributed by atoms with van der Waals surface area (Å²) >= 11 is 0. The molecule has 0 radical (unpaired) electrons. The molecule has 0 bridgehead atoms. The first-order valence-electron chi connectivity index (χ1n) is 18.6. The van der Waals surface area contributed by atoms with Crippen molar-refractivity contribution in [2.75, 3.05) is 6.54 Å². The van der Waals surface area contributed by atoms with E-state index in [9.17, 15) is 42.3 Å². The molecule has 4 aromatic carbocycles. The minimum Gasteiger partial charge on any atom is -0.481 e. The van der Waals surface area contributed by atoms with Gasteiger partial charge < -0.3 is 36.1 Å². The number of alkyl halides is 3. The number of fused-ring (bicyclic) bond motifs is 2. The van der Waals surface area contributed by atoms with Gasteiger partial charge in [0.25, 0.3) is 0 Å². The fourth-order valence-corrected chi connectivity index (χ4v) is 6.53. The van der Waals surface area contributed by atoms with Crippen LogP contribution in [0.1, 0.15) is 56.4 Å². The number of hydrogen-bond donors (Lipinski definition) is 6. The second-order valence-electron chi connectivity index (χ2n) is 15.3. The molecule has 306 valence electrons. The third-order valence-electron chi connectivity index (χ3n) is 9.35. The summed E-state index contributed by atoms with van der Waals surface area (Å²) in [5, 5.41) is 22.7. The van der Waals surface area contributed by atoms with Crippen LogP contribution in [0.5, 0.6) is 0 Å². The Morgan fingerprint density at radius 2 is 1.48 bits per heavy atom. The van der Waals surface area contributed by atoms with Crippen molar-refractivity contribution in [1.82, 2.24) is 26.3 Å². The van der Waals surface area contributed by atoms with Crippen LogP contribution in [0.25, 0.3) is 21.7 Å². The van der Waals surface area contributed by atoms with E-state index >= 15 is 0 Å². The molecular formula is C43H46F3N5O7. The molecule has 6 N–H and O–H groups in total. The molecule has 4 amide bonds. The van der Waals surface area contributed by atoms with Gasteiger partial charge in [-0.3, -0.25) is 19.2 Å². The van der Waals surface area contributed by atoms with Gasteiger partial charge in [-0.1, -0.05) is 78.9 Å². The molecule has 0 aliphatic carbocycles. The first kappa shape index (κ1) is 42.8. The summed E-state index contributed by atoms with van der Waals surface area (Å²) in [5.74, 6) is -3.99. The molecule has 0 saturated carbocycles. The lowest BCUT2D eigenvalue weighted by molar-refractivity contribution is -0.142. The Hall–Kier alpha value is -6.38. The van der Waals surface area contributed by atoms with Crippen LogP contribution in [-0.4, -0.2) is 69.6 Å². The van der Waals surface area contributed by atoms with Gasteiger partial charge in [-0.05, 0) is 73.7 Å². The van der Waals surface area contributed by atoms with Crippen LogP contribution in [-0.2, 0) is 49.4 Å². The molecule has 12 nitrogen and oxygen atoms in total. The number of aromatic amines is 1. The maximum absolute atomic E-state index is 14.4. The first-order chi connectivity index (χ1) is 27.3. The molecule has 5 aromatic rings. The van der Waals surface area contributed by atoms with Crippen molar-refractivity contribution in [2.45, 2.75) is 82.8 Å². The molecule has 0 spiro atoms. The molecule has 0 aliphatic heterocycles. The largest absolute Gasteiger partial charge is 0.481 e. The van der Waals surface area contributed by atoms with Gasteiger partial charge in [0, 0.05) is 36.5 Å². The number of ether oxygens (including phenoxy) is 1. The summed E-state index contributed by atoms with van der Waals surface area (Å²) in [7, 11) is 0. The predicted molar refractivity (Wildman–Crippen MR) is 212 cm³/mol. The minimum absolute atomic E-state index is 0.0123. The average Bonchev–Trinajstić information content (AvgIpc) is 3.55. The maximum atomic E-state index is 14.4. The number of rotatable bonds is 15. The van der Waals surface area contributed by atoms with Gasteiger partial charge in [0.2, 0.25) is 17.7 Å². The van der Waals surface area contributed by atoms with Crippen LogP contribution in [0, 0.1) is 0 Å². The van der Waals surface area contributed by atoms with Gasteiger partial charge in [-0.2, -0.15) is 13.2 Å². The Bertz CT molecular complexity index is 2300. The number of H-pyrrole nitrogens is 1. The normalized spacial score (nSPS) is 13.8. The monoisotopic (exact) mass is 801 g/mol. The van der Waals surface area contributed by atoms with Gasteiger partial charge in [0.1, 0.15) is 23.2 Å². The fraction of sp³-hybridized carbons (Fsp3) is 0.326. The number of carboxylic acids is 1. The number of alkyl carbamates (subject to hydrolysis) is 1. The third-order valence-corrected chi connectivity index (χ3v) is 9.35. The Balaban J connectivity index is 1.42. The van der Waals surface area contributed by atoms with Gasteiger partial charge in [-0.15, -0.1) is 0 Å². The molecule has 0 aliphatic rings. The molecule has 0 unspecified atom stereocenters. The maximum Gasteiger partial charge on any atom is 0.416 e. The summed E-state index contributed by atoms with van der Waals surface area (Å²) in [4.78, 5) is 70.3. The molecule has 0 saturated heterocycles. The van der Waals surface area contributed by atoms with E-state index in [1.54, 1.807) is 33.0 Å². The topological polar surface area (TPSA) is 179 Å². The average molecular weight is 802 g/mol. The number of carbonyl (C=O) groups excluding carboxylic acids is 4. The Kier molecular flexibility index (Phi) is 13.1. The van der Waals surface area contributed by atoms with Crippen LogP contribution >= 0.6 is 0 Å². The van der Waals surface area contributed by atoms with Crippen LogP contribution < -0.4 is 21.3 Å². The SMILES string of the molecule is CC(C)(C)OC(=O)N[C@@H](Cc1c[nH]c2ccccc12)C(=O)N[C@@](C)(Cc1ccc2ccccc2c1)C(=O)N[C@@H](CC(=O)O)C(=O)NCCc1cccc(C(F)(F)F)c1. The van der Waals surface area contributed by atoms with Crippen molar-refractivity contribution in [3.8, 4) is 0 Å². The van der Waals surface area contributed by atoms with Crippen molar-refractivity contribution < 1.29 is 47.0 Å². The number of aromatic nitrogens is 1. The molecule has 58 heavy (non-hydrogen) atoms. The molecule has 1 heterocycles. The number of halogens is 3. The van der Waals surface area contributed by atoms with Crippen LogP contribution in [0.3, 0.4) is 0 Å². The Labute approximate surface area is 332 Å². The minimum atomic E-state index is -4.56. The van der Waals surface area contributed by atoms with Crippen molar-refractivity contribution in [3.05, 3.63) is 119 Å². The summed E-state index contributed by atoms with van der Waals surface area (Å²) in [6.07, 6.45) is -4.72. The van der Waals surface area contributed by atoms with E-state index in [2.05, 4.69) is 26.3 Å². The number of amides is 4. The highest BCUT2D eigenvalue weighted by Gasteiger charge is 2.40. The van der Waals surface area contributed by atoms with Crippen LogP contribution in [0.15, 0.2) is 97.2 Å². The molecule has 5 rings (SSSR count). The number of benzene rings is 4. The van der Waals surface area contributed by atoms with E-state index in [4.69, 9.17) is 4.74 Å². The van der Waals surface area contributed by atoms with E-state index in [1.165, 1.54) is 19.1 Å². The van der Waals surface area contributed by atoms with Crippen molar-refractivity contribution >= 4 is 51.5 Å². The zero-order valence-corrected chi connectivity index (χ0v) is 32.5. The highest BCUT2D eigenvalue weighted by molar-refractivity contribution is 5.98. The second-order valence-corrected chi connectivity index (χ2v) is 15.3. The van der Waals surface area contributed by atoms with Gasteiger partial charge in [-0.25, -0.2) is 4.79 Å². The van der Waals surface area contributed by atoms with E-state index in [0.717, 1.165) is 33.8 Å². The van der Waals surface area contributed by atoms with E-state index < -0.39 is 71.2 Å². The standard InChI is InChI=1S/C43H46F3N5O7/c1-41(2,3)58-40(57)50-34(22-30-25-48-33-15-8-7-14-32(30)33)38(55)51-42(4,24-27-16-17-28-11-5-6-12-29(28)20-27)39(56)49-35(23-36(52)53)37(54)47-19-18-26-10-9-13-31(21-26)43(44,45)46/h5-17,20-21,25,34-35,48H,18-19,22-24H2,1-4H3,(H,47,54)(H,49,56)(H,50,57)(H,51,55)(H,52,53)/t34-,35-,42-/m0/s1. The summed E-state index contributed by atoms with van der Waals surface area (Å²) in [6.45, 7) is 6.27. The lowest BCUT2D eigenvalue weighted by Crippen LogP contribution is -2.64. The first-order valence-corrected chi connectivity index (χ1v) is 18.6. The van der Waals surface area contributed by atoms with E-state index in [1.807, 2.05) is 60.7 Å². The Morgan fingerprint density at radius 1 is 0.776 bits per heavy atom. The van der Waals surface area contributed by atoms with Gasteiger partial charge >= 0.3 is 18.2 Å². The number of carbonyl (C=O) groups is 5. The lowest BCUT2D eigenvalue weighted by Gasteiger charge is -2.33. The van der Waals surface area contributed by atoms with E-state index in [-0.39, 0.29) is 31.4 Å². The van der Waals surface area contributed by atoms with Gasteiger partial charge in [0.15, 0.2) is 0 Å². The smallest absolute Gasteiger partial charge is 0.416 e. The van der Waals surface area contributed by atoms with Crippen LogP contribution in [0.4, 0.5) is 18.0 Å². The zero-order valence-electron chi connectivity index (χ0n) is 32.5. The van der Waals surface area contributed by atoms with Crippen molar-refractivity contribution in [1.29, 1.82) is 0 Å². The number of aliphatic carboxylic acids is 1. The molecule has 1 aromatic heterocycles. The summed E-state index contributed by atoms with van der Waals surface area (Å²) in [6, 6.07) is 22.0. The third kappa shape index (κ3) is 11.6. The molecular weight excluding hydrogens is 755 g/mol. The zero-order chi connectivity index (χ0) is 42.3. The highest BCUT2D eigenvalue weighted by Crippen LogP contribution is 2.29. The van der Waals surface area contributed by atoms with Crippen molar-refractivity contribution in [3.63, 3.8) is 0 Å². The highest BCUT2D eigenvalue weighted by atomic mass is 19.4. The quantitative estimate of drug-likeness (QED) is 0.0729. The summed E-state index contributed by atoms with van der Waals surface area (Å²) < 4.78 is 45.2. The summed E-state index contributed by atoms with van der Waals surface area (Å²) in [5.41, 5.74) is -1.22. The fourth-order valence-electron chi connectivity index (χ4n) is 6.53. The van der Waals surface area contributed by atoms with E-state index in [0.29, 0.717) is 11.1 Å². The molecule has 3 atom stereocenters. The molecule has 15 heteroatoms. The number of nitrogens with one attached hydrogen (secondary N) is 5.